The van der Waals surface area contributed by atoms with Crippen molar-refractivity contribution in [1.29, 1.82) is 0 Å². The zero-order valence-electron chi connectivity index (χ0n) is 10.3. The minimum Gasteiger partial charge on any atom is -0.368 e. The highest BCUT2D eigenvalue weighted by Gasteiger charge is 2.19. The van der Waals surface area contributed by atoms with Crippen LogP contribution >= 0.6 is 0 Å². The van der Waals surface area contributed by atoms with Gasteiger partial charge in [-0.25, -0.2) is 9.97 Å². The van der Waals surface area contributed by atoms with Crippen LogP contribution in [0.2, 0.25) is 0 Å². The number of nitrogens with one attached hydrogen (secondary N) is 1. The molecule has 0 radical (unpaired) electrons. The van der Waals surface area contributed by atoms with Gasteiger partial charge < -0.3 is 11.1 Å². The van der Waals surface area contributed by atoms with Gasteiger partial charge in [0.25, 0.3) is 0 Å². The van der Waals surface area contributed by atoms with E-state index in [0.29, 0.717) is 17.0 Å². The molecule has 2 rings (SSSR count). The Morgan fingerprint density at radius 3 is 2.67 bits per heavy atom. The number of rotatable bonds is 4. The lowest BCUT2D eigenvalue weighted by Crippen LogP contribution is -2.39. The zero-order chi connectivity index (χ0) is 13.1. The van der Waals surface area contributed by atoms with Crippen LogP contribution in [-0.2, 0) is 4.79 Å². The molecule has 0 aliphatic rings. The predicted molar refractivity (Wildman–Crippen MR) is 68.8 cm³/mol. The third kappa shape index (κ3) is 2.53. The van der Waals surface area contributed by atoms with Gasteiger partial charge >= 0.3 is 0 Å². The summed E-state index contributed by atoms with van der Waals surface area (Å²) in [6.07, 6.45) is 3.19. The number of anilines is 1. The third-order valence-corrected chi connectivity index (χ3v) is 2.61. The Bertz CT molecular complexity index is 569. The number of aromatic nitrogens is 3. The first-order chi connectivity index (χ1) is 8.58. The number of primary amides is 1. The average Bonchev–Trinajstić information content (AvgIpc) is 2.35. The van der Waals surface area contributed by atoms with E-state index in [4.69, 9.17) is 5.73 Å². The molecule has 1 unspecified atom stereocenters. The molecule has 6 nitrogen and oxygen atoms in total. The molecule has 1 amide bonds. The predicted octanol–water partition coefficient (Wildman–Crippen LogP) is 0.947. The number of carbonyl (C=O) groups excluding carboxylic acids is 1. The fourth-order valence-corrected chi connectivity index (χ4v) is 1.66. The number of hydrogen-bond acceptors (Lipinski definition) is 5. The van der Waals surface area contributed by atoms with Crippen molar-refractivity contribution in [3.63, 3.8) is 0 Å². The highest BCUT2D eigenvalue weighted by molar-refractivity contribution is 5.83. The molecule has 2 heterocycles. The summed E-state index contributed by atoms with van der Waals surface area (Å²) in [6.45, 7) is 3.84. The quantitative estimate of drug-likeness (QED) is 0.836. The first-order valence-electron chi connectivity index (χ1n) is 5.71. The van der Waals surface area contributed by atoms with Crippen LogP contribution in [0.1, 0.15) is 13.8 Å². The van der Waals surface area contributed by atoms with Crippen LogP contribution in [0.5, 0.6) is 0 Å². The van der Waals surface area contributed by atoms with Crippen molar-refractivity contribution in [2.75, 3.05) is 5.32 Å². The van der Waals surface area contributed by atoms with E-state index in [0.717, 1.165) is 0 Å². The van der Waals surface area contributed by atoms with Crippen molar-refractivity contribution in [1.82, 2.24) is 15.0 Å². The van der Waals surface area contributed by atoms with Crippen molar-refractivity contribution in [3.8, 4) is 0 Å². The van der Waals surface area contributed by atoms with Crippen LogP contribution < -0.4 is 11.1 Å². The van der Waals surface area contributed by atoms with Gasteiger partial charge in [-0.15, -0.1) is 0 Å². The summed E-state index contributed by atoms with van der Waals surface area (Å²) in [6, 6.07) is 3.11. The average molecular weight is 245 g/mol. The Kier molecular flexibility index (Phi) is 3.36. The molecule has 0 aromatic carbocycles. The highest BCUT2D eigenvalue weighted by atomic mass is 16.1. The van der Waals surface area contributed by atoms with Crippen molar-refractivity contribution >= 4 is 22.9 Å². The van der Waals surface area contributed by atoms with E-state index in [1.165, 1.54) is 0 Å². The fraction of sp³-hybridized carbons (Fsp3) is 0.333. The molecule has 0 aliphatic heterocycles. The molecule has 0 saturated heterocycles. The van der Waals surface area contributed by atoms with Gasteiger partial charge in [-0.1, -0.05) is 13.8 Å². The first-order valence-corrected chi connectivity index (χ1v) is 5.71. The maximum absolute atomic E-state index is 11.3. The Labute approximate surface area is 105 Å². The molecule has 18 heavy (non-hydrogen) atoms. The molecular formula is C12H15N5O. The molecule has 3 N–H and O–H groups in total. The number of hydrogen-bond donors (Lipinski definition) is 2. The summed E-state index contributed by atoms with van der Waals surface area (Å²) in [5.74, 6) is 0.258. The van der Waals surface area contributed by atoms with E-state index in [-0.39, 0.29) is 5.92 Å². The molecule has 0 bridgehead atoms. The van der Waals surface area contributed by atoms with Crippen LogP contribution in [-0.4, -0.2) is 26.9 Å². The first kappa shape index (κ1) is 12.2. The largest absolute Gasteiger partial charge is 0.368 e. The van der Waals surface area contributed by atoms with Gasteiger partial charge in [0.2, 0.25) is 5.91 Å². The van der Waals surface area contributed by atoms with Crippen molar-refractivity contribution in [2.45, 2.75) is 19.9 Å². The maximum Gasteiger partial charge on any atom is 0.240 e. The molecule has 94 valence electrons. The Morgan fingerprint density at radius 1 is 1.28 bits per heavy atom. The lowest BCUT2D eigenvalue weighted by Gasteiger charge is -2.19. The molecule has 2 aromatic heterocycles. The van der Waals surface area contributed by atoms with E-state index in [1.807, 2.05) is 13.8 Å². The molecular weight excluding hydrogens is 230 g/mol. The summed E-state index contributed by atoms with van der Waals surface area (Å²) in [4.78, 5) is 23.8. The van der Waals surface area contributed by atoms with Gasteiger partial charge in [-0.05, 0) is 18.1 Å². The number of amides is 1. The molecule has 6 heteroatoms. The lowest BCUT2D eigenvalue weighted by molar-refractivity contribution is -0.119. The summed E-state index contributed by atoms with van der Waals surface area (Å²) >= 11 is 0. The van der Waals surface area contributed by atoms with Gasteiger partial charge in [0.1, 0.15) is 17.4 Å². The van der Waals surface area contributed by atoms with Crippen molar-refractivity contribution < 1.29 is 4.79 Å². The minimum absolute atomic E-state index is 0.0851. The van der Waals surface area contributed by atoms with Gasteiger partial charge in [0.05, 0.1) is 0 Å². The van der Waals surface area contributed by atoms with Crippen LogP contribution in [0.4, 0.5) is 5.82 Å². The van der Waals surface area contributed by atoms with E-state index < -0.39 is 11.9 Å². The second-order valence-corrected chi connectivity index (χ2v) is 4.36. The second kappa shape index (κ2) is 4.95. The summed E-state index contributed by atoms with van der Waals surface area (Å²) in [5, 5.41) is 3.02. The standard InChI is InChI=1S/C12H15N5O/c1-7(2)10(11(13)18)16-9-4-3-8-12(17-9)15-6-5-14-8/h3-7,10H,1-2H3,(H2,13,18)(H,15,16,17). The van der Waals surface area contributed by atoms with Crippen LogP contribution in [0, 0.1) is 5.92 Å². The zero-order valence-corrected chi connectivity index (χ0v) is 10.3. The van der Waals surface area contributed by atoms with Crippen LogP contribution in [0.3, 0.4) is 0 Å². The van der Waals surface area contributed by atoms with E-state index >= 15 is 0 Å². The molecule has 0 aliphatic carbocycles. The Hall–Kier alpha value is -2.24. The number of carbonyl (C=O) groups is 1. The molecule has 0 fully saturated rings. The highest BCUT2D eigenvalue weighted by Crippen LogP contribution is 2.13. The topological polar surface area (TPSA) is 93.8 Å². The number of nitrogens with zero attached hydrogens (tertiary/aromatic N) is 3. The third-order valence-electron chi connectivity index (χ3n) is 2.61. The van der Waals surface area contributed by atoms with Gasteiger partial charge in [-0.3, -0.25) is 9.78 Å². The van der Waals surface area contributed by atoms with E-state index in [2.05, 4.69) is 20.3 Å². The van der Waals surface area contributed by atoms with E-state index in [1.54, 1.807) is 24.5 Å². The molecule has 0 spiro atoms. The number of fused-ring (bicyclic) bond motifs is 1. The molecule has 1 atom stereocenters. The molecule has 2 aromatic rings. The summed E-state index contributed by atoms with van der Waals surface area (Å²) in [5.41, 5.74) is 6.59. The van der Waals surface area contributed by atoms with Gasteiger partial charge in [-0.2, -0.15) is 0 Å². The smallest absolute Gasteiger partial charge is 0.240 e. The lowest BCUT2D eigenvalue weighted by atomic mass is 10.0. The Balaban J connectivity index is 2.28. The maximum atomic E-state index is 11.3. The van der Waals surface area contributed by atoms with Gasteiger partial charge in [0.15, 0.2) is 5.65 Å². The van der Waals surface area contributed by atoms with Crippen LogP contribution in [0.25, 0.3) is 11.2 Å². The van der Waals surface area contributed by atoms with Gasteiger partial charge in [0, 0.05) is 12.4 Å². The second-order valence-electron chi connectivity index (χ2n) is 4.36. The summed E-state index contributed by atoms with van der Waals surface area (Å²) in [7, 11) is 0. The van der Waals surface area contributed by atoms with Crippen LogP contribution in [0.15, 0.2) is 24.5 Å². The SMILES string of the molecule is CC(C)C(Nc1ccc2nccnc2n1)C(N)=O. The number of pyridine rings is 1. The normalized spacial score (nSPS) is 12.6. The fourth-order valence-electron chi connectivity index (χ4n) is 1.66. The molecule has 0 saturated carbocycles. The van der Waals surface area contributed by atoms with Crippen molar-refractivity contribution in [2.24, 2.45) is 11.7 Å². The van der Waals surface area contributed by atoms with Crippen molar-refractivity contribution in [3.05, 3.63) is 24.5 Å². The monoisotopic (exact) mass is 245 g/mol. The minimum atomic E-state index is -0.452. The summed E-state index contributed by atoms with van der Waals surface area (Å²) < 4.78 is 0. The van der Waals surface area contributed by atoms with E-state index in [9.17, 15) is 4.79 Å². The number of nitrogens with two attached hydrogens (primary N) is 1. The Morgan fingerprint density at radius 2 is 2.00 bits per heavy atom.